The number of esters is 1. The van der Waals surface area contributed by atoms with Crippen LogP contribution in [0.25, 0.3) is 0 Å². The molecule has 6 saturated carbocycles. The van der Waals surface area contributed by atoms with Crippen LogP contribution in [0.3, 0.4) is 0 Å². The zero-order valence-electron chi connectivity index (χ0n) is 30.5. The second-order valence-electron chi connectivity index (χ2n) is 16.3. The lowest BCUT2D eigenvalue weighted by atomic mass is 8.94. The number of ether oxygens (including phenoxy) is 1. The number of hydrogen-bond donors (Lipinski definition) is 3. The summed E-state index contributed by atoms with van der Waals surface area (Å²) in [6.07, 6.45) is 1.84. The van der Waals surface area contributed by atoms with E-state index in [1.807, 2.05) is 65.0 Å². The monoisotopic (exact) mass is 677 g/mol. The van der Waals surface area contributed by atoms with Crippen LogP contribution in [0.5, 0.6) is 0 Å². The summed E-state index contributed by atoms with van der Waals surface area (Å²) in [5.41, 5.74) is 0.513. The highest BCUT2D eigenvalue weighted by Gasteiger charge is 3.12. The minimum atomic E-state index is -0.723. The Hall–Kier alpha value is -3.47. The SMILES string of the molecule is CC[C@H](C)[C@H](NC(=O)CN(C)C)C(=O)N(C)[C@H](C(=O)NC12C3C4C1C1C2C3C41C(=O)N[C@@H](Cc1ccccc1)C[C@H](C)C(=O)OC)C(C)C. The third-order valence-electron chi connectivity index (χ3n) is 13.2. The van der Waals surface area contributed by atoms with E-state index in [0.29, 0.717) is 37.0 Å². The van der Waals surface area contributed by atoms with Gasteiger partial charge in [-0.2, -0.15) is 0 Å². The molecular formula is C38H55N5O6. The molecule has 1 aromatic rings. The zero-order chi connectivity index (χ0) is 35.7. The van der Waals surface area contributed by atoms with Gasteiger partial charge in [-0.25, -0.2) is 0 Å². The molecule has 0 spiro atoms. The summed E-state index contributed by atoms with van der Waals surface area (Å²) in [4.78, 5) is 70.1. The molecule has 4 amide bonds. The predicted octanol–water partition coefficient (Wildman–Crippen LogP) is 2.10. The van der Waals surface area contributed by atoms with Gasteiger partial charge in [0.15, 0.2) is 0 Å². The molecule has 49 heavy (non-hydrogen) atoms. The quantitative estimate of drug-likeness (QED) is 0.215. The van der Waals surface area contributed by atoms with Crippen LogP contribution in [0.1, 0.15) is 53.0 Å². The van der Waals surface area contributed by atoms with Crippen molar-refractivity contribution >= 4 is 29.6 Å². The molecule has 0 bridgehead atoms. The lowest BCUT2D eigenvalue weighted by molar-refractivity contribution is -0.607. The highest BCUT2D eigenvalue weighted by atomic mass is 16.5. The summed E-state index contributed by atoms with van der Waals surface area (Å²) in [5.74, 6) is 0.362. The van der Waals surface area contributed by atoms with Crippen molar-refractivity contribution in [1.29, 1.82) is 0 Å². The molecule has 0 radical (unpaired) electrons. The summed E-state index contributed by atoms with van der Waals surface area (Å²) in [6.45, 7) is 9.84. The fourth-order valence-corrected chi connectivity index (χ4v) is 11.1. The lowest BCUT2D eigenvalue weighted by Crippen LogP contribution is -3.16. The molecule has 0 aliphatic heterocycles. The van der Waals surface area contributed by atoms with Crippen molar-refractivity contribution in [3.05, 3.63) is 35.9 Å². The molecular weight excluding hydrogens is 622 g/mol. The van der Waals surface area contributed by atoms with Gasteiger partial charge in [-0.1, -0.05) is 71.4 Å². The van der Waals surface area contributed by atoms with Crippen LogP contribution >= 0.6 is 0 Å². The van der Waals surface area contributed by atoms with Gasteiger partial charge in [0.25, 0.3) is 0 Å². The summed E-state index contributed by atoms with van der Waals surface area (Å²) < 4.78 is 4.97. The fraction of sp³-hybridized carbons (Fsp3) is 0.711. The van der Waals surface area contributed by atoms with E-state index in [1.54, 1.807) is 26.0 Å². The predicted molar refractivity (Wildman–Crippen MR) is 183 cm³/mol. The van der Waals surface area contributed by atoms with Crippen molar-refractivity contribution in [3.8, 4) is 0 Å². The highest BCUT2D eigenvalue weighted by Crippen LogP contribution is 3.07. The molecule has 3 N–H and O–H groups in total. The molecule has 0 saturated heterocycles. The van der Waals surface area contributed by atoms with Gasteiger partial charge >= 0.3 is 5.97 Å². The van der Waals surface area contributed by atoms with E-state index in [4.69, 9.17) is 4.74 Å². The number of benzene rings is 1. The number of hydrogen-bond acceptors (Lipinski definition) is 7. The normalized spacial score (nSPS) is 33.4. The highest BCUT2D eigenvalue weighted by molar-refractivity contribution is 5.96. The summed E-state index contributed by atoms with van der Waals surface area (Å²) >= 11 is 0. The van der Waals surface area contributed by atoms with Crippen molar-refractivity contribution in [2.75, 3.05) is 34.8 Å². The molecule has 7 rings (SSSR count). The van der Waals surface area contributed by atoms with Gasteiger partial charge < -0.3 is 30.5 Å². The standard InChI is InChI=1S/C38H55N5O6/c1-10-20(4)31(40-24(44)18-42(6)7)34(46)43(8)32(19(2)3)33(45)41-38-28-25-29(38)27-30(38)26(28)37(25,27)36(48)39-23(16-21(5)35(47)49-9)17-22-14-12-11-13-15-22/h11-15,19-21,23,25-32H,10,16-18H2,1-9H3,(H,39,48)(H,40,44)(H,41,45)/t20-,21-,23+,25?,26?,27?,28?,29?,30?,31-,32-,37?,38?/m0/s1. The summed E-state index contributed by atoms with van der Waals surface area (Å²) in [5, 5.41) is 9.73. The Morgan fingerprint density at radius 2 is 1.47 bits per heavy atom. The number of methoxy groups -OCH3 is 1. The van der Waals surface area contributed by atoms with Gasteiger partial charge in [-0.15, -0.1) is 0 Å². The second kappa shape index (κ2) is 12.7. The van der Waals surface area contributed by atoms with Crippen molar-refractivity contribution in [2.24, 2.45) is 58.7 Å². The third-order valence-corrected chi connectivity index (χ3v) is 13.2. The molecule has 6 fully saturated rings. The Morgan fingerprint density at radius 1 is 0.878 bits per heavy atom. The Bertz CT molecular complexity index is 1440. The molecule has 1 aromatic carbocycles. The van der Waals surface area contributed by atoms with Gasteiger partial charge in [0, 0.05) is 13.1 Å². The van der Waals surface area contributed by atoms with Crippen molar-refractivity contribution in [1.82, 2.24) is 25.8 Å². The van der Waals surface area contributed by atoms with Crippen LogP contribution in [0.4, 0.5) is 0 Å². The Morgan fingerprint density at radius 3 is 1.98 bits per heavy atom. The van der Waals surface area contributed by atoms with E-state index in [2.05, 4.69) is 16.0 Å². The molecule has 0 heterocycles. The van der Waals surface area contributed by atoms with Crippen LogP contribution in [0.2, 0.25) is 0 Å². The number of nitrogens with one attached hydrogen (secondary N) is 3. The van der Waals surface area contributed by atoms with E-state index in [0.717, 1.165) is 5.56 Å². The van der Waals surface area contributed by atoms with E-state index in [-0.39, 0.29) is 88.6 Å². The lowest BCUT2D eigenvalue weighted by Gasteiger charge is -3.10. The van der Waals surface area contributed by atoms with Crippen LogP contribution in [-0.4, -0.2) is 97.9 Å². The molecule has 0 unspecified atom stereocenters. The molecule has 11 heteroatoms. The molecule has 5 atom stereocenters. The maximum absolute atomic E-state index is 14.0. The first kappa shape index (κ1) is 35.4. The van der Waals surface area contributed by atoms with Crippen LogP contribution < -0.4 is 16.0 Å². The Balaban J connectivity index is 1.10. The number of likely N-dealkylation sites (N-methyl/N-ethyl adjacent to an activating group) is 2. The summed E-state index contributed by atoms with van der Waals surface area (Å²) in [6, 6.07) is 8.42. The first-order valence-electron chi connectivity index (χ1n) is 18.1. The molecule has 6 aliphatic carbocycles. The zero-order valence-corrected chi connectivity index (χ0v) is 30.5. The van der Waals surface area contributed by atoms with Gasteiger partial charge in [0.2, 0.25) is 23.6 Å². The first-order chi connectivity index (χ1) is 23.2. The molecule has 0 aromatic heterocycles. The average molecular weight is 678 g/mol. The minimum Gasteiger partial charge on any atom is -0.469 e. The Labute approximate surface area is 290 Å². The van der Waals surface area contributed by atoms with Crippen LogP contribution in [0.15, 0.2) is 30.3 Å². The number of carbonyl (C=O) groups is 5. The number of rotatable bonds is 17. The maximum Gasteiger partial charge on any atom is 0.308 e. The van der Waals surface area contributed by atoms with E-state index >= 15 is 0 Å². The minimum absolute atomic E-state index is 0.0977. The van der Waals surface area contributed by atoms with Crippen LogP contribution in [-0.2, 0) is 35.1 Å². The van der Waals surface area contributed by atoms with E-state index < -0.39 is 12.1 Å². The van der Waals surface area contributed by atoms with Gasteiger partial charge in [0.05, 0.1) is 30.5 Å². The largest absolute Gasteiger partial charge is 0.469 e. The van der Waals surface area contributed by atoms with Crippen molar-refractivity contribution < 1.29 is 28.7 Å². The molecule has 11 nitrogen and oxygen atoms in total. The molecule has 268 valence electrons. The van der Waals surface area contributed by atoms with Gasteiger partial charge in [-0.3, -0.25) is 24.0 Å². The number of amides is 4. The fourth-order valence-electron chi connectivity index (χ4n) is 11.1. The number of nitrogens with zero attached hydrogens (tertiary/aromatic N) is 2. The van der Waals surface area contributed by atoms with Crippen LogP contribution in [0, 0.1) is 58.7 Å². The van der Waals surface area contributed by atoms with Gasteiger partial charge in [0.1, 0.15) is 12.1 Å². The topological polar surface area (TPSA) is 137 Å². The van der Waals surface area contributed by atoms with Gasteiger partial charge in [-0.05, 0) is 79.8 Å². The first-order valence-corrected chi connectivity index (χ1v) is 18.1. The number of carbonyl (C=O) groups excluding carboxylic acids is 5. The summed E-state index contributed by atoms with van der Waals surface area (Å²) in [7, 11) is 6.67. The molecule has 6 aliphatic rings. The third kappa shape index (κ3) is 4.95. The van der Waals surface area contributed by atoms with Crippen molar-refractivity contribution in [3.63, 3.8) is 0 Å². The Kier molecular flexibility index (Phi) is 9.16. The average Bonchev–Trinajstić information content (AvgIpc) is 3.06. The maximum atomic E-state index is 14.0. The van der Waals surface area contributed by atoms with E-state index in [1.165, 1.54) is 12.0 Å². The second-order valence-corrected chi connectivity index (χ2v) is 16.3. The van der Waals surface area contributed by atoms with Crippen molar-refractivity contribution in [2.45, 2.75) is 77.5 Å². The smallest absolute Gasteiger partial charge is 0.308 e. The van der Waals surface area contributed by atoms with E-state index in [9.17, 15) is 24.0 Å².